The van der Waals surface area contributed by atoms with Crippen molar-refractivity contribution in [3.05, 3.63) is 65.7 Å². The molecule has 0 bridgehead atoms. The molecule has 0 saturated heterocycles. The van der Waals surface area contributed by atoms with Gasteiger partial charge in [-0.15, -0.1) is 11.8 Å². The van der Waals surface area contributed by atoms with Crippen molar-refractivity contribution >= 4 is 17.7 Å². The number of hydrogen-bond acceptors (Lipinski definition) is 3. The Kier molecular flexibility index (Phi) is 7.21. The molecule has 0 spiro atoms. The van der Waals surface area contributed by atoms with Crippen LogP contribution >= 0.6 is 11.8 Å². The molecule has 24 heavy (non-hydrogen) atoms. The second-order valence-corrected chi connectivity index (χ2v) is 6.42. The van der Waals surface area contributed by atoms with Crippen molar-refractivity contribution in [3.8, 4) is 0 Å². The summed E-state index contributed by atoms with van der Waals surface area (Å²) in [5.74, 6) is -1.51. The molecular formula is C18H20F2N2OS. The molecule has 0 saturated carbocycles. The monoisotopic (exact) mass is 350 g/mol. The zero-order valence-electron chi connectivity index (χ0n) is 13.2. The maximum absolute atomic E-state index is 13.9. The number of thioether (sulfide) groups is 1. The molecule has 0 aliphatic carbocycles. The first kappa shape index (κ1) is 18.4. The minimum Gasteiger partial charge on any atom is -0.355 e. The average Bonchev–Trinajstić information content (AvgIpc) is 2.58. The molecular weight excluding hydrogens is 330 g/mol. The van der Waals surface area contributed by atoms with Gasteiger partial charge >= 0.3 is 0 Å². The molecule has 0 aliphatic rings. The average molecular weight is 350 g/mol. The fraction of sp³-hybridized carbons (Fsp3) is 0.278. The standard InChI is InChI=1S/C18H20F2N2OS/c19-14-8-9-16(15(20)12-14)24-17(13-6-2-1-3-7-13)18(23)22-11-5-4-10-21/h1-3,6-9,12,17H,4-5,10-11,21H2,(H,22,23). The summed E-state index contributed by atoms with van der Waals surface area (Å²) < 4.78 is 27.0. The highest BCUT2D eigenvalue weighted by Crippen LogP contribution is 2.36. The highest BCUT2D eigenvalue weighted by Gasteiger charge is 2.23. The van der Waals surface area contributed by atoms with Gasteiger partial charge in [-0.2, -0.15) is 0 Å². The van der Waals surface area contributed by atoms with E-state index in [1.54, 1.807) is 0 Å². The number of nitrogens with two attached hydrogens (primary N) is 1. The van der Waals surface area contributed by atoms with Gasteiger partial charge in [0.25, 0.3) is 0 Å². The molecule has 1 unspecified atom stereocenters. The minimum absolute atomic E-state index is 0.202. The Bertz CT molecular complexity index is 667. The van der Waals surface area contributed by atoms with Gasteiger partial charge < -0.3 is 11.1 Å². The van der Waals surface area contributed by atoms with Gasteiger partial charge in [-0.25, -0.2) is 8.78 Å². The number of benzene rings is 2. The lowest BCUT2D eigenvalue weighted by Crippen LogP contribution is -2.29. The fourth-order valence-corrected chi connectivity index (χ4v) is 3.23. The molecule has 3 N–H and O–H groups in total. The molecule has 0 aliphatic heterocycles. The maximum atomic E-state index is 13.9. The van der Waals surface area contributed by atoms with Gasteiger partial charge in [0, 0.05) is 17.5 Å². The van der Waals surface area contributed by atoms with Gasteiger partial charge in [-0.05, 0) is 37.1 Å². The third kappa shape index (κ3) is 5.32. The van der Waals surface area contributed by atoms with Crippen molar-refractivity contribution in [1.82, 2.24) is 5.32 Å². The third-order valence-electron chi connectivity index (χ3n) is 3.41. The van der Waals surface area contributed by atoms with E-state index in [1.165, 1.54) is 12.1 Å². The molecule has 1 atom stereocenters. The van der Waals surface area contributed by atoms with E-state index in [4.69, 9.17) is 5.73 Å². The van der Waals surface area contributed by atoms with Crippen molar-refractivity contribution in [2.75, 3.05) is 13.1 Å². The van der Waals surface area contributed by atoms with E-state index in [0.717, 1.165) is 36.2 Å². The number of unbranched alkanes of at least 4 members (excludes halogenated alkanes) is 1. The number of halogens is 2. The van der Waals surface area contributed by atoms with Gasteiger partial charge in [0.15, 0.2) is 0 Å². The Morgan fingerprint density at radius 1 is 1.12 bits per heavy atom. The van der Waals surface area contributed by atoms with Crippen LogP contribution in [0.1, 0.15) is 23.7 Å². The maximum Gasteiger partial charge on any atom is 0.237 e. The summed E-state index contributed by atoms with van der Waals surface area (Å²) >= 11 is 1.07. The third-order valence-corrected chi connectivity index (χ3v) is 4.72. The van der Waals surface area contributed by atoms with Crippen LogP contribution in [-0.2, 0) is 4.79 Å². The van der Waals surface area contributed by atoms with Crippen LogP contribution in [0.2, 0.25) is 0 Å². The van der Waals surface area contributed by atoms with Crippen molar-refractivity contribution in [3.63, 3.8) is 0 Å². The lowest BCUT2D eigenvalue weighted by atomic mass is 10.1. The van der Waals surface area contributed by atoms with Crippen LogP contribution in [0.3, 0.4) is 0 Å². The van der Waals surface area contributed by atoms with E-state index >= 15 is 0 Å². The highest BCUT2D eigenvalue weighted by atomic mass is 32.2. The SMILES string of the molecule is NCCCCNC(=O)C(Sc1ccc(F)cc1F)c1ccccc1. The first-order chi connectivity index (χ1) is 11.6. The van der Waals surface area contributed by atoms with E-state index in [1.807, 2.05) is 30.3 Å². The Morgan fingerprint density at radius 2 is 1.88 bits per heavy atom. The first-order valence-electron chi connectivity index (χ1n) is 7.76. The van der Waals surface area contributed by atoms with Crippen LogP contribution in [-0.4, -0.2) is 19.0 Å². The van der Waals surface area contributed by atoms with E-state index in [0.29, 0.717) is 13.1 Å². The van der Waals surface area contributed by atoms with E-state index in [2.05, 4.69) is 5.32 Å². The molecule has 1 amide bonds. The molecule has 0 heterocycles. The van der Waals surface area contributed by atoms with E-state index in [9.17, 15) is 13.6 Å². The van der Waals surface area contributed by atoms with Crippen LogP contribution in [0.4, 0.5) is 8.78 Å². The predicted molar refractivity (Wildman–Crippen MR) is 92.7 cm³/mol. The summed E-state index contributed by atoms with van der Waals surface area (Å²) in [6.45, 7) is 1.10. The summed E-state index contributed by atoms with van der Waals surface area (Å²) in [4.78, 5) is 12.8. The van der Waals surface area contributed by atoms with Crippen molar-refractivity contribution in [2.45, 2.75) is 23.0 Å². The zero-order chi connectivity index (χ0) is 17.4. The van der Waals surface area contributed by atoms with Crippen LogP contribution in [0.15, 0.2) is 53.4 Å². The summed E-state index contributed by atoms with van der Waals surface area (Å²) in [7, 11) is 0. The Hall–Kier alpha value is -1.92. The summed E-state index contributed by atoms with van der Waals surface area (Å²) in [6, 6.07) is 12.5. The first-order valence-corrected chi connectivity index (χ1v) is 8.64. The molecule has 0 fully saturated rings. The Balaban J connectivity index is 2.15. The summed E-state index contributed by atoms with van der Waals surface area (Å²) in [6.07, 6.45) is 1.62. The van der Waals surface area contributed by atoms with Crippen LogP contribution in [0.25, 0.3) is 0 Å². The zero-order valence-corrected chi connectivity index (χ0v) is 14.0. The molecule has 0 radical (unpaired) electrons. The molecule has 128 valence electrons. The normalized spacial score (nSPS) is 12.0. The summed E-state index contributed by atoms with van der Waals surface area (Å²) in [5, 5.41) is 2.25. The van der Waals surface area contributed by atoms with Gasteiger partial charge in [0.05, 0.1) is 0 Å². The van der Waals surface area contributed by atoms with Crippen LogP contribution in [0, 0.1) is 11.6 Å². The van der Waals surface area contributed by atoms with Crippen LogP contribution < -0.4 is 11.1 Å². The minimum atomic E-state index is -0.670. The molecule has 2 aromatic rings. The topological polar surface area (TPSA) is 55.1 Å². The van der Waals surface area contributed by atoms with Gasteiger partial charge in [-0.3, -0.25) is 4.79 Å². The van der Waals surface area contributed by atoms with Crippen molar-refractivity contribution in [1.29, 1.82) is 0 Å². The number of hydrogen-bond donors (Lipinski definition) is 2. The second kappa shape index (κ2) is 9.39. The quantitative estimate of drug-likeness (QED) is 0.564. The Labute approximate surface area is 144 Å². The smallest absolute Gasteiger partial charge is 0.237 e. The van der Waals surface area contributed by atoms with E-state index < -0.39 is 16.9 Å². The number of amides is 1. The predicted octanol–water partition coefficient (Wildman–Crippen LogP) is 3.65. The fourth-order valence-electron chi connectivity index (χ4n) is 2.17. The van der Waals surface area contributed by atoms with Crippen molar-refractivity contribution < 1.29 is 13.6 Å². The van der Waals surface area contributed by atoms with Gasteiger partial charge in [0.2, 0.25) is 5.91 Å². The highest BCUT2D eigenvalue weighted by molar-refractivity contribution is 8.00. The lowest BCUT2D eigenvalue weighted by Gasteiger charge is -2.17. The summed E-state index contributed by atoms with van der Waals surface area (Å²) in [5.41, 5.74) is 6.20. The van der Waals surface area contributed by atoms with Crippen molar-refractivity contribution in [2.24, 2.45) is 5.73 Å². The number of carbonyl (C=O) groups excluding carboxylic acids is 1. The molecule has 3 nitrogen and oxygen atoms in total. The number of carbonyl (C=O) groups is 1. The van der Waals surface area contributed by atoms with Crippen LogP contribution in [0.5, 0.6) is 0 Å². The molecule has 0 aromatic heterocycles. The van der Waals surface area contributed by atoms with Gasteiger partial charge in [-0.1, -0.05) is 30.3 Å². The molecule has 2 rings (SSSR count). The molecule has 6 heteroatoms. The number of rotatable bonds is 8. The lowest BCUT2D eigenvalue weighted by molar-refractivity contribution is -0.120. The second-order valence-electron chi connectivity index (χ2n) is 5.27. The number of nitrogens with one attached hydrogen (secondary N) is 1. The largest absolute Gasteiger partial charge is 0.355 e. The Morgan fingerprint density at radius 3 is 2.54 bits per heavy atom. The molecule has 2 aromatic carbocycles. The van der Waals surface area contributed by atoms with E-state index in [-0.39, 0.29) is 10.8 Å². The van der Waals surface area contributed by atoms with Gasteiger partial charge in [0.1, 0.15) is 16.9 Å².